The van der Waals surface area contributed by atoms with E-state index in [2.05, 4.69) is 33.4 Å². The molecule has 4 nitrogen and oxygen atoms in total. The molecule has 0 aliphatic carbocycles. The summed E-state index contributed by atoms with van der Waals surface area (Å²) in [5, 5.41) is 7.68. The first kappa shape index (κ1) is 20.0. The quantitative estimate of drug-likeness (QED) is 0.414. The monoisotopic (exact) mass is 463 g/mol. The number of rotatable bonds is 6. The molecule has 1 heterocycles. The molecule has 1 amide bonds. The van der Waals surface area contributed by atoms with Gasteiger partial charge in [-0.1, -0.05) is 60.7 Å². The van der Waals surface area contributed by atoms with E-state index in [0.29, 0.717) is 23.1 Å². The smallest absolute Gasteiger partial charge is 0.252 e. The third-order valence-corrected chi connectivity index (χ3v) is 5.34. The minimum atomic E-state index is -0.396. The Labute approximate surface area is 182 Å². The molecule has 6 heteroatoms. The average Bonchev–Trinajstić information content (AvgIpc) is 3.16. The van der Waals surface area contributed by atoms with Gasteiger partial charge in [0.1, 0.15) is 5.82 Å². The Morgan fingerprint density at radius 3 is 2.40 bits per heavy atom. The molecule has 0 saturated carbocycles. The number of benzene rings is 3. The predicted molar refractivity (Wildman–Crippen MR) is 118 cm³/mol. The summed E-state index contributed by atoms with van der Waals surface area (Å²) in [5.74, 6) is -0.677. The van der Waals surface area contributed by atoms with Gasteiger partial charge in [0.15, 0.2) is 0 Å². The molecule has 0 atom stereocenters. The van der Waals surface area contributed by atoms with E-state index in [-0.39, 0.29) is 5.91 Å². The maximum atomic E-state index is 13.3. The van der Waals surface area contributed by atoms with Crippen LogP contribution < -0.4 is 5.32 Å². The van der Waals surface area contributed by atoms with E-state index in [1.54, 1.807) is 0 Å². The number of aromatic nitrogens is 2. The van der Waals surface area contributed by atoms with Gasteiger partial charge in [0, 0.05) is 28.3 Å². The summed E-state index contributed by atoms with van der Waals surface area (Å²) in [6.45, 7) is 0.944. The lowest BCUT2D eigenvalue weighted by Gasteiger charge is -2.07. The number of halogens is 2. The molecule has 0 fully saturated rings. The van der Waals surface area contributed by atoms with E-state index in [4.69, 9.17) is 5.10 Å². The summed E-state index contributed by atoms with van der Waals surface area (Å²) >= 11 is 3.25. The van der Waals surface area contributed by atoms with E-state index in [1.807, 2.05) is 59.4 Å². The van der Waals surface area contributed by atoms with Gasteiger partial charge in [-0.05, 0) is 39.7 Å². The summed E-state index contributed by atoms with van der Waals surface area (Å²) in [6, 6.07) is 24.0. The van der Waals surface area contributed by atoms with Gasteiger partial charge >= 0.3 is 0 Å². The fourth-order valence-electron chi connectivity index (χ4n) is 3.23. The van der Waals surface area contributed by atoms with Crippen molar-refractivity contribution in [3.8, 4) is 11.3 Å². The van der Waals surface area contributed by atoms with Crippen molar-refractivity contribution >= 4 is 21.8 Å². The van der Waals surface area contributed by atoms with Gasteiger partial charge in [0.2, 0.25) is 0 Å². The molecular weight excluding hydrogens is 445 g/mol. The zero-order chi connectivity index (χ0) is 20.9. The van der Waals surface area contributed by atoms with E-state index in [9.17, 15) is 9.18 Å². The lowest BCUT2D eigenvalue weighted by atomic mass is 10.1. The third kappa shape index (κ3) is 4.66. The standard InChI is InChI=1S/C24H19BrFN3O/c25-22-13-20(26)11-12-21(22)24(30)27-14-19-16-29(15-17-7-3-1-4-8-17)28-23(19)18-9-5-2-6-10-18/h1-13,16H,14-15H2,(H,27,30). The first-order valence-electron chi connectivity index (χ1n) is 9.49. The normalized spacial score (nSPS) is 10.7. The molecule has 0 unspecified atom stereocenters. The highest BCUT2D eigenvalue weighted by Crippen LogP contribution is 2.23. The molecular formula is C24H19BrFN3O. The summed E-state index contributed by atoms with van der Waals surface area (Å²) in [4.78, 5) is 12.6. The molecule has 0 aliphatic rings. The topological polar surface area (TPSA) is 46.9 Å². The predicted octanol–water partition coefficient (Wildman–Crippen LogP) is 5.43. The molecule has 0 spiro atoms. The zero-order valence-corrected chi connectivity index (χ0v) is 17.6. The van der Waals surface area contributed by atoms with Crippen LogP contribution >= 0.6 is 15.9 Å². The molecule has 0 bridgehead atoms. The second-order valence-corrected chi connectivity index (χ2v) is 7.71. The number of nitrogens with one attached hydrogen (secondary N) is 1. The highest BCUT2D eigenvalue weighted by Gasteiger charge is 2.15. The first-order chi connectivity index (χ1) is 14.6. The number of amides is 1. The van der Waals surface area contributed by atoms with Crippen LogP contribution in [-0.2, 0) is 13.1 Å². The van der Waals surface area contributed by atoms with Crippen LogP contribution in [-0.4, -0.2) is 15.7 Å². The maximum Gasteiger partial charge on any atom is 0.252 e. The minimum absolute atomic E-state index is 0.281. The van der Waals surface area contributed by atoms with E-state index in [1.165, 1.54) is 18.2 Å². The lowest BCUT2D eigenvalue weighted by Crippen LogP contribution is -2.23. The maximum absolute atomic E-state index is 13.3. The molecule has 0 radical (unpaired) electrons. The molecule has 1 aromatic heterocycles. The van der Waals surface area contributed by atoms with Gasteiger partial charge in [-0.15, -0.1) is 0 Å². The van der Waals surface area contributed by atoms with Crippen molar-refractivity contribution in [2.45, 2.75) is 13.1 Å². The molecule has 0 aliphatic heterocycles. The largest absolute Gasteiger partial charge is 0.348 e. The molecule has 4 rings (SSSR count). The minimum Gasteiger partial charge on any atom is -0.348 e. The van der Waals surface area contributed by atoms with Crippen LogP contribution in [0.3, 0.4) is 0 Å². The van der Waals surface area contributed by atoms with Gasteiger partial charge in [0.05, 0.1) is 17.8 Å². The number of nitrogens with zero attached hydrogens (tertiary/aromatic N) is 2. The molecule has 30 heavy (non-hydrogen) atoms. The van der Waals surface area contributed by atoms with Crippen molar-refractivity contribution in [3.05, 3.63) is 112 Å². The van der Waals surface area contributed by atoms with Gasteiger partial charge in [0.25, 0.3) is 5.91 Å². The summed E-state index contributed by atoms with van der Waals surface area (Å²) in [6.07, 6.45) is 1.95. The fourth-order valence-corrected chi connectivity index (χ4v) is 3.76. The third-order valence-electron chi connectivity index (χ3n) is 4.69. The van der Waals surface area contributed by atoms with Gasteiger partial charge in [-0.25, -0.2) is 4.39 Å². The van der Waals surface area contributed by atoms with Crippen molar-refractivity contribution in [2.24, 2.45) is 0 Å². The second-order valence-electron chi connectivity index (χ2n) is 6.86. The Balaban J connectivity index is 1.58. The Kier molecular flexibility index (Phi) is 6.05. The van der Waals surface area contributed by atoms with Crippen LogP contribution in [0.15, 0.2) is 89.5 Å². The van der Waals surface area contributed by atoms with E-state index < -0.39 is 5.82 Å². The van der Waals surface area contributed by atoms with Gasteiger partial charge < -0.3 is 5.32 Å². The van der Waals surface area contributed by atoms with Crippen molar-refractivity contribution in [1.29, 1.82) is 0 Å². The molecule has 150 valence electrons. The highest BCUT2D eigenvalue weighted by molar-refractivity contribution is 9.10. The summed E-state index contributed by atoms with van der Waals surface area (Å²) in [7, 11) is 0. The number of hydrogen-bond acceptors (Lipinski definition) is 2. The van der Waals surface area contributed by atoms with Crippen LogP contribution in [0.1, 0.15) is 21.5 Å². The van der Waals surface area contributed by atoms with E-state index >= 15 is 0 Å². The number of carbonyl (C=O) groups excluding carboxylic acids is 1. The fraction of sp³-hybridized carbons (Fsp3) is 0.0833. The number of carbonyl (C=O) groups is 1. The molecule has 1 N–H and O–H groups in total. The van der Waals surface area contributed by atoms with Crippen LogP contribution in [0.25, 0.3) is 11.3 Å². The highest BCUT2D eigenvalue weighted by atomic mass is 79.9. The average molecular weight is 464 g/mol. The van der Waals surface area contributed by atoms with Crippen molar-refractivity contribution in [1.82, 2.24) is 15.1 Å². The Bertz CT molecular complexity index is 1160. The van der Waals surface area contributed by atoms with Crippen LogP contribution in [0.4, 0.5) is 4.39 Å². The Hall–Kier alpha value is -3.25. The van der Waals surface area contributed by atoms with Gasteiger partial charge in [-0.2, -0.15) is 5.10 Å². The van der Waals surface area contributed by atoms with Gasteiger partial charge in [-0.3, -0.25) is 9.48 Å². The number of hydrogen-bond donors (Lipinski definition) is 1. The van der Waals surface area contributed by atoms with Crippen molar-refractivity contribution < 1.29 is 9.18 Å². The molecule has 4 aromatic rings. The summed E-state index contributed by atoms with van der Waals surface area (Å²) in [5.41, 5.74) is 4.24. The van der Waals surface area contributed by atoms with Crippen LogP contribution in [0.5, 0.6) is 0 Å². The lowest BCUT2D eigenvalue weighted by molar-refractivity contribution is 0.0950. The van der Waals surface area contributed by atoms with Crippen LogP contribution in [0, 0.1) is 5.82 Å². The zero-order valence-electron chi connectivity index (χ0n) is 16.1. The van der Waals surface area contributed by atoms with E-state index in [0.717, 1.165) is 22.4 Å². The Morgan fingerprint density at radius 2 is 1.70 bits per heavy atom. The summed E-state index contributed by atoms with van der Waals surface area (Å²) < 4.78 is 15.6. The molecule has 0 saturated heterocycles. The van der Waals surface area contributed by atoms with Crippen molar-refractivity contribution in [2.75, 3.05) is 0 Å². The first-order valence-corrected chi connectivity index (χ1v) is 10.3. The molecule has 3 aromatic carbocycles. The second kappa shape index (κ2) is 9.05. The van der Waals surface area contributed by atoms with Crippen LogP contribution in [0.2, 0.25) is 0 Å². The van der Waals surface area contributed by atoms with Crippen molar-refractivity contribution in [3.63, 3.8) is 0 Å². The Morgan fingerprint density at radius 1 is 1.00 bits per heavy atom. The SMILES string of the molecule is O=C(NCc1cn(Cc2ccccc2)nc1-c1ccccc1)c1ccc(F)cc1Br.